The van der Waals surface area contributed by atoms with Crippen LogP contribution in [0.1, 0.15) is 26.6 Å². The molecule has 2 aromatic heterocycles. The average molecular weight is 469 g/mol. The summed E-state index contributed by atoms with van der Waals surface area (Å²) >= 11 is 3.18. The highest BCUT2D eigenvalue weighted by Crippen LogP contribution is 2.26. The Labute approximate surface area is 172 Å². The number of aryl methyl sites for hydroxylation is 1. The number of nitrogens with zero attached hydrogens (tertiary/aromatic N) is 2. The summed E-state index contributed by atoms with van der Waals surface area (Å²) in [6, 6.07) is 7.42. The van der Waals surface area contributed by atoms with Gasteiger partial charge in [-0.05, 0) is 30.3 Å². The van der Waals surface area contributed by atoms with E-state index < -0.39 is 18.4 Å². The minimum absolute atomic E-state index is 0.0428. The maximum absolute atomic E-state index is 12.7. The van der Waals surface area contributed by atoms with Crippen LogP contribution < -0.4 is 15.4 Å². The SMILES string of the molecule is Cn1cc(NC(=O)c2cc(Br)ccc2OC(F)F)c(C(=O)NCc2ccco2)n1. The van der Waals surface area contributed by atoms with Crippen LogP contribution in [0.15, 0.2) is 51.7 Å². The smallest absolute Gasteiger partial charge is 0.387 e. The number of nitrogens with one attached hydrogen (secondary N) is 2. The van der Waals surface area contributed by atoms with Crippen LogP contribution in [0.2, 0.25) is 0 Å². The highest BCUT2D eigenvalue weighted by atomic mass is 79.9. The van der Waals surface area contributed by atoms with E-state index in [1.165, 1.54) is 35.3 Å². The number of aromatic nitrogens is 2. The van der Waals surface area contributed by atoms with E-state index in [-0.39, 0.29) is 29.2 Å². The van der Waals surface area contributed by atoms with Gasteiger partial charge in [-0.1, -0.05) is 15.9 Å². The number of carbonyl (C=O) groups excluding carboxylic acids is 2. The van der Waals surface area contributed by atoms with Gasteiger partial charge in [-0.3, -0.25) is 14.3 Å². The maximum Gasteiger partial charge on any atom is 0.387 e. The summed E-state index contributed by atoms with van der Waals surface area (Å²) in [6.07, 6.45) is 2.90. The van der Waals surface area contributed by atoms with Gasteiger partial charge < -0.3 is 19.8 Å². The second-order valence-electron chi connectivity index (χ2n) is 5.80. The van der Waals surface area contributed by atoms with Crippen molar-refractivity contribution in [3.63, 3.8) is 0 Å². The molecule has 152 valence electrons. The summed E-state index contributed by atoms with van der Waals surface area (Å²) in [5, 5.41) is 9.18. The van der Waals surface area contributed by atoms with Crippen LogP contribution in [0, 0.1) is 0 Å². The zero-order chi connectivity index (χ0) is 21.0. The molecule has 0 saturated heterocycles. The van der Waals surface area contributed by atoms with Gasteiger partial charge in [0.15, 0.2) is 5.69 Å². The van der Waals surface area contributed by atoms with Crippen molar-refractivity contribution in [2.45, 2.75) is 13.2 Å². The zero-order valence-electron chi connectivity index (χ0n) is 15.0. The molecule has 0 aliphatic carbocycles. The molecule has 29 heavy (non-hydrogen) atoms. The molecule has 0 saturated carbocycles. The van der Waals surface area contributed by atoms with E-state index in [0.29, 0.717) is 10.2 Å². The van der Waals surface area contributed by atoms with Crippen molar-refractivity contribution < 1.29 is 27.5 Å². The standard InChI is InChI=1S/C18H15BrF2N4O4/c1-25-9-13(15(24-25)17(27)22-8-11-3-2-6-28-11)23-16(26)12-7-10(19)4-5-14(12)29-18(20)21/h2-7,9,18H,8H2,1H3,(H,22,27)(H,23,26). The minimum Gasteiger partial charge on any atom is -0.467 e. The zero-order valence-corrected chi connectivity index (χ0v) is 16.6. The van der Waals surface area contributed by atoms with E-state index in [4.69, 9.17) is 4.42 Å². The minimum atomic E-state index is -3.09. The monoisotopic (exact) mass is 468 g/mol. The van der Waals surface area contributed by atoms with Crippen LogP contribution in [-0.2, 0) is 13.6 Å². The van der Waals surface area contributed by atoms with Crippen LogP contribution in [0.5, 0.6) is 5.75 Å². The van der Waals surface area contributed by atoms with Gasteiger partial charge in [-0.2, -0.15) is 13.9 Å². The molecule has 0 atom stereocenters. The Morgan fingerprint density at radius 3 is 2.79 bits per heavy atom. The Balaban J connectivity index is 1.79. The molecule has 11 heteroatoms. The largest absolute Gasteiger partial charge is 0.467 e. The molecule has 0 aliphatic rings. The molecule has 8 nitrogen and oxygen atoms in total. The summed E-state index contributed by atoms with van der Waals surface area (Å²) in [4.78, 5) is 25.1. The van der Waals surface area contributed by atoms with Gasteiger partial charge in [0.1, 0.15) is 11.5 Å². The Bertz CT molecular complexity index is 1020. The van der Waals surface area contributed by atoms with Crippen molar-refractivity contribution in [1.29, 1.82) is 0 Å². The number of rotatable bonds is 7. The summed E-state index contributed by atoms with van der Waals surface area (Å²) in [5.41, 5.74) is -0.0679. The quantitative estimate of drug-likeness (QED) is 0.552. The number of hydrogen-bond donors (Lipinski definition) is 2. The van der Waals surface area contributed by atoms with Crippen molar-refractivity contribution in [3.8, 4) is 5.75 Å². The third-order valence-corrected chi connectivity index (χ3v) is 4.19. The highest BCUT2D eigenvalue weighted by Gasteiger charge is 2.21. The van der Waals surface area contributed by atoms with Crippen molar-refractivity contribution in [2.24, 2.45) is 7.05 Å². The Morgan fingerprint density at radius 2 is 2.10 bits per heavy atom. The number of alkyl halides is 2. The molecule has 0 spiro atoms. The Kier molecular flexibility index (Phi) is 6.27. The number of ether oxygens (including phenoxy) is 1. The summed E-state index contributed by atoms with van der Waals surface area (Å²) in [5.74, 6) is -1.04. The molecule has 2 amide bonds. The first kappa shape index (κ1) is 20.5. The number of halogens is 3. The highest BCUT2D eigenvalue weighted by molar-refractivity contribution is 9.10. The van der Waals surface area contributed by atoms with Gasteiger partial charge in [0, 0.05) is 17.7 Å². The second kappa shape index (κ2) is 8.86. The predicted molar refractivity (Wildman–Crippen MR) is 102 cm³/mol. The molecule has 2 heterocycles. The molecule has 0 unspecified atom stereocenters. The summed E-state index contributed by atoms with van der Waals surface area (Å²) in [7, 11) is 1.57. The van der Waals surface area contributed by atoms with E-state index in [9.17, 15) is 18.4 Å². The van der Waals surface area contributed by atoms with Gasteiger partial charge in [-0.25, -0.2) is 0 Å². The Morgan fingerprint density at radius 1 is 1.31 bits per heavy atom. The molecule has 3 rings (SSSR count). The molecular weight excluding hydrogens is 454 g/mol. The second-order valence-corrected chi connectivity index (χ2v) is 6.72. The molecule has 0 radical (unpaired) electrons. The molecule has 3 aromatic rings. The van der Waals surface area contributed by atoms with Gasteiger partial charge in [0.25, 0.3) is 11.8 Å². The number of furan rings is 1. The van der Waals surface area contributed by atoms with E-state index in [2.05, 4.69) is 36.4 Å². The maximum atomic E-state index is 12.7. The van der Waals surface area contributed by atoms with E-state index >= 15 is 0 Å². The predicted octanol–water partition coefficient (Wildman–Crippen LogP) is 3.56. The lowest BCUT2D eigenvalue weighted by Gasteiger charge is -2.11. The first-order valence-electron chi connectivity index (χ1n) is 8.23. The van der Waals surface area contributed by atoms with Crippen LogP contribution in [0.25, 0.3) is 0 Å². The molecule has 2 N–H and O–H groups in total. The lowest BCUT2D eigenvalue weighted by Crippen LogP contribution is -2.25. The topological polar surface area (TPSA) is 98.4 Å². The van der Waals surface area contributed by atoms with Gasteiger partial charge in [0.2, 0.25) is 0 Å². The van der Waals surface area contributed by atoms with E-state index in [0.717, 1.165) is 0 Å². The van der Waals surface area contributed by atoms with E-state index in [1.54, 1.807) is 19.2 Å². The van der Waals surface area contributed by atoms with E-state index in [1.807, 2.05) is 0 Å². The molecule has 0 bridgehead atoms. The number of carbonyl (C=O) groups is 2. The molecular formula is C18H15BrF2N4O4. The van der Waals surface area contributed by atoms with Crippen LogP contribution in [0.3, 0.4) is 0 Å². The van der Waals surface area contributed by atoms with Crippen LogP contribution in [0.4, 0.5) is 14.5 Å². The lowest BCUT2D eigenvalue weighted by molar-refractivity contribution is -0.0501. The molecule has 0 fully saturated rings. The number of anilines is 1. The Hall–Kier alpha value is -3.21. The number of hydrogen-bond acceptors (Lipinski definition) is 5. The third kappa shape index (κ3) is 5.19. The normalized spacial score (nSPS) is 10.8. The van der Waals surface area contributed by atoms with Gasteiger partial charge in [0.05, 0.1) is 24.1 Å². The van der Waals surface area contributed by atoms with Crippen molar-refractivity contribution in [1.82, 2.24) is 15.1 Å². The van der Waals surface area contributed by atoms with Crippen molar-refractivity contribution >= 4 is 33.4 Å². The van der Waals surface area contributed by atoms with Gasteiger partial charge in [-0.15, -0.1) is 0 Å². The summed E-state index contributed by atoms with van der Waals surface area (Å²) in [6.45, 7) is -2.96. The fourth-order valence-corrected chi connectivity index (χ4v) is 2.84. The van der Waals surface area contributed by atoms with Gasteiger partial charge >= 0.3 is 6.61 Å². The van der Waals surface area contributed by atoms with Crippen molar-refractivity contribution in [3.05, 3.63) is 64.3 Å². The van der Waals surface area contributed by atoms with Crippen molar-refractivity contribution in [2.75, 3.05) is 5.32 Å². The number of amides is 2. The fraction of sp³-hybridized carbons (Fsp3) is 0.167. The van der Waals surface area contributed by atoms with Crippen LogP contribution >= 0.6 is 15.9 Å². The molecule has 0 aliphatic heterocycles. The lowest BCUT2D eigenvalue weighted by atomic mass is 10.2. The first-order valence-corrected chi connectivity index (χ1v) is 9.02. The third-order valence-electron chi connectivity index (χ3n) is 3.70. The first-order chi connectivity index (χ1) is 13.8. The fourth-order valence-electron chi connectivity index (χ4n) is 2.48. The van der Waals surface area contributed by atoms with Crippen LogP contribution in [-0.4, -0.2) is 28.2 Å². The number of benzene rings is 1. The average Bonchev–Trinajstić information content (AvgIpc) is 3.30. The molecule has 1 aromatic carbocycles. The summed E-state index contributed by atoms with van der Waals surface area (Å²) < 4.78 is 36.6.